The van der Waals surface area contributed by atoms with Crippen molar-refractivity contribution in [3.05, 3.63) is 41.5 Å². The number of fused-ring (bicyclic) bond motifs is 1. The van der Waals surface area contributed by atoms with Gasteiger partial charge in [0, 0.05) is 21.7 Å². The Balaban J connectivity index is 2.38. The lowest BCUT2D eigenvalue weighted by molar-refractivity contribution is 0.883. The second-order valence-corrected chi connectivity index (χ2v) is 4.48. The van der Waals surface area contributed by atoms with Crippen LogP contribution in [0.3, 0.4) is 0 Å². The van der Waals surface area contributed by atoms with E-state index in [1.807, 2.05) is 18.2 Å². The number of benzene rings is 1. The third-order valence-corrected chi connectivity index (χ3v) is 2.93. The second kappa shape index (κ2) is 3.81. The first-order chi connectivity index (χ1) is 8.25. The molecule has 0 saturated heterocycles. The van der Waals surface area contributed by atoms with Gasteiger partial charge in [0.1, 0.15) is 12.7 Å². The highest BCUT2D eigenvalue weighted by molar-refractivity contribution is 9.10. The number of anilines is 1. The lowest BCUT2D eigenvalue weighted by Crippen LogP contribution is -1.99. The molecule has 0 radical (unpaired) electrons. The van der Waals surface area contributed by atoms with Gasteiger partial charge in [0.05, 0.1) is 11.2 Å². The Morgan fingerprint density at radius 3 is 2.94 bits per heavy atom. The van der Waals surface area contributed by atoms with Gasteiger partial charge in [-0.1, -0.05) is 0 Å². The number of hydrogen-bond donors (Lipinski definition) is 1. The van der Waals surface area contributed by atoms with Crippen LogP contribution in [-0.2, 0) is 0 Å². The van der Waals surface area contributed by atoms with Crippen LogP contribution in [0.2, 0.25) is 0 Å². The highest BCUT2D eigenvalue weighted by atomic mass is 79.9. The maximum Gasteiger partial charge on any atom is 0.138 e. The summed E-state index contributed by atoms with van der Waals surface area (Å²) in [5.41, 5.74) is 8.30. The highest BCUT2D eigenvalue weighted by Gasteiger charge is 2.08. The van der Waals surface area contributed by atoms with Crippen molar-refractivity contribution in [2.45, 2.75) is 0 Å². The molecule has 2 aromatic heterocycles. The average molecular weight is 290 g/mol. The van der Waals surface area contributed by atoms with Crippen LogP contribution in [0.15, 0.2) is 41.5 Å². The zero-order chi connectivity index (χ0) is 11.8. The Morgan fingerprint density at radius 1 is 1.29 bits per heavy atom. The minimum Gasteiger partial charge on any atom is -0.398 e. The second-order valence-electron chi connectivity index (χ2n) is 3.56. The Labute approximate surface area is 105 Å². The smallest absolute Gasteiger partial charge is 0.138 e. The monoisotopic (exact) mass is 289 g/mol. The molecule has 0 bridgehead atoms. The van der Waals surface area contributed by atoms with E-state index < -0.39 is 0 Å². The van der Waals surface area contributed by atoms with E-state index in [2.05, 4.69) is 31.0 Å². The molecular formula is C11H8BrN5. The predicted octanol–water partition coefficient (Wildman–Crippen LogP) is 2.16. The van der Waals surface area contributed by atoms with E-state index in [4.69, 9.17) is 5.73 Å². The lowest BCUT2D eigenvalue weighted by Gasteiger charge is -2.07. The fraction of sp³-hybridized carbons (Fsp3) is 0. The molecule has 5 nitrogen and oxygen atoms in total. The van der Waals surface area contributed by atoms with Crippen LogP contribution in [-0.4, -0.2) is 19.7 Å². The third kappa shape index (κ3) is 1.66. The van der Waals surface area contributed by atoms with Gasteiger partial charge in [0.15, 0.2) is 0 Å². The largest absolute Gasteiger partial charge is 0.398 e. The number of nitrogens with two attached hydrogens (primary N) is 1. The summed E-state index contributed by atoms with van der Waals surface area (Å²) in [5, 5.41) is 5.00. The van der Waals surface area contributed by atoms with Crippen LogP contribution in [0, 0.1) is 0 Å². The predicted molar refractivity (Wildman–Crippen MR) is 68.8 cm³/mol. The normalized spacial score (nSPS) is 10.9. The molecule has 0 spiro atoms. The number of aromatic nitrogens is 4. The summed E-state index contributed by atoms with van der Waals surface area (Å²) in [6, 6.07) is 5.67. The van der Waals surface area contributed by atoms with Gasteiger partial charge < -0.3 is 5.73 Å². The van der Waals surface area contributed by atoms with Crippen molar-refractivity contribution in [1.82, 2.24) is 19.7 Å². The first-order valence-electron chi connectivity index (χ1n) is 4.94. The van der Waals surface area contributed by atoms with E-state index >= 15 is 0 Å². The van der Waals surface area contributed by atoms with Crippen molar-refractivity contribution in [2.24, 2.45) is 0 Å². The van der Waals surface area contributed by atoms with Crippen LogP contribution in [0.1, 0.15) is 0 Å². The maximum absolute atomic E-state index is 5.94. The summed E-state index contributed by atoms with van der Waals surface area (Å²) in [4.78, 5) is 8.31. The molecule has 0 aliphatic carbocycles. The van der Waals surface area contributed by atoms with E-state index in [-0.39, 0.29) is 0 Å². The standard InChI is InChI=1S/C11H8BrN5/c12-7-3-8-9(13)1-2-10(11(8)15-4-7)17-6-14-5-16-17/h1-6H,13H2. The summed E-state index contributed by atoms with van der Waals surface area (Å²) in [6.07, 6.45) is 4.86. The summed E-state index contributed by atoms with van der Waals surface area (Å²) in [6.45, 7) is 0. The SMILES string of the molecule is Nc1ccc(-n2cncn2)c2ncc(Br)cc12. The first-order valence-corrected chi connectivity index (χ1v) is 5.74. The molecule has 0 aliphatic rings. The number of rotatable bonds is 1. The maximum atomic E-state index is 5.94. The molecule has 1 aromatic carbocycles. The Hall–Kier alpha value is -1.95. The van der Waals surface area contributed by atoms with Gasteiger partial charge in [0.2, 0.25) is 0 Å². The molecule has 0 aliphatic heterocycles. The first kappa shape index (κ1) is 10.2. The number of hydrogen-bond acceptors (Lipinski definition) is 4. The summed E-state index contributed by atoms with van der Waals surface area (Å²) >= 11 is 3.39. The molecule has 6 heteroatoms. The fourth-order valence-electron chi connectivity index (χ4n) is 1.72. The number of halogens is 1. The van der Waals surface area contributed by atoms with E-state index in [0.29, 0.717) is 5.69 Å². The van der Waals surface area contributed by atoms with Gasteiger partial charge in [0.25, 0.3) is 0 Å². The van der Waals surface area contributed by atoms with E-state index in [1.165, 1.54) is 6.33 Å². The molecule has 0 atom stereocenters. The van der Waals surface area contributed by atoms with Gasteiger partial charge in [-0.05, 0) is 34.1 Å². The zero-order valence-corrected chi connectivity index (χ0v) is 10.3. The molecule has 0 amide bonds. The van der Waals surface area contributed by atoms with Crippen LogP contribution in [0.4, 0.5) is 5.69 Å². The average Bonchev–Trinajstić information content (AvgIpc) is 2.84. The van der Waals surface area contributed by atoms with Gasteiger partial charge in [-0.15, -0.1) is 0 Å². The minimum atomic E-state index is 0.692. The van der Waals surface area contributed by atoms with E-state index in [0.717, 1.165) is 21.1 Å². The molecule has 2 heterocycles. The van der Waals surface area contributed by atoms with Gasteiger partial charge in [-0.3, -0.25) is 4.98 Å². The van der Waals surface area contributed by atoms with Crippen molar-refractivity contribution in [3.8, 4) is 5.69 Å². The van der Waals surface area contributed by atoms with Crippen LogP contribution >= 0.6 is 15.9 Å². The Bertz CT molecular complexity index is 678. The Kier molecular flexibility index (Phi) is 2.29. The number of pyridine rings is 1. The zero-order valence-electron chi connectivity index (χ0n) is 8.71. The molecule has 3 aromatic rings. The minimum absolute atomic E-state index is 0.692. The van der Waals surface area contributed by atoms with Crippen LogP contribution < -0.4 is 5.73 Å². The van der Waals surface area contributed by atoms with Crippen LogP contribution in [0.5, 0.6) is 0 Å². The van der Waals surface area contributed by atoms with Crippen molar-refractivity contribution in [2.75, 3.05) is 5.73 Å². The molecule has 2 N–H and O–H groups in total. The van der Waals surface area contributed by atoms with Crippen molar-refractivity contribution >= 4 is 32.5 Å². The molecular weight excluding hydrogens is 282 g/mol. The molecule has 0 unspecified atom stereocenters. The molecule has 17 heavy (non-hydrogen) atoms. The van der Waals surface area contributed by atoms with Crippen LogP contribution in [0.25, 0.3) is 16.6 Å². The summed E-state index contributed by atoms with van der Waals surface area (Å²) in [7, 11) is 0. The molecule has 0 fully saturated rings. The highest BCUT2D eigenvalue weighted by Crippen LogP contribution is 2.27. The van der Waals surface area contributed by atoms with E-state index in [9.17, 15) is 0 Å². The van der Waals surface area contributed by atoms with Gasteiger partial charge >= 0.3 is 0 Å². The molecule has 0 saturated carbocycles. The Morgan fingerprint density at radius 2 is 2.18 bits per heavy atom. The van der Waals surface area contributed by atoms with Crippen molar-refractivity contribution < 1.29 is 0 Å². The van der Waals surface area contributed by atoms with E-state index in [1.54, 1.807) is 17.2 Å². The third-order valence-electron chi connectivity index (χ3n) is 2.49. The van der Waals surface area contributed by atoms with Crippen molar-refractivity contribution in [3.63, 3.8) is 0 Å². The topological polar surface area (TPSA) is 69.6 Å². The van der Waals surface area contributed by atoms with Crippen molar-refractivity contribution in [1.29, 1.82) is 0 Å². The van der Waals surface area contributed by atoms with Gasteiger partial charge in [-0.2, -0.15) is 5.10 Å². The molecule has 84 valence electrons. The number of nitrogen functional groups attached to an aromatic ring is 1. The quantitative estimate of drug-likeness (QED) is 0.697. The summed E-state index contributed by atoms with van der Waals surface area (Å²) < 4.78 is 2.57. The number of nitrogens with zero attached hydrogens (tertiary/aromatic N) is 4. The molecule has 3 rings (SSSR count). The van der Waals surface area contributed by atoms with Gasteiger partial charge in [-0.25, -0.2) is 9.67 Å². The lowest BCUT2D eigenvalue weighted by atomic mass is 10.1. The summed E-state index contributed by atoms with van der Waals surface area (Å²) in [5.74, 6) is 0. The fourth-order valence-corrected chi connectivity index (χ4v) is 2.05.